The number of aryl methyl sites for hydroxylation is 1. The molecule has 0 aliphatic carbocycles. The lowest BCUT2D eigenvalue weighted by molar-refractivity contribution is -0.0717. The van der Waals surface area contributed by atoms with Crippen molar-refractivity contribution in [1.82, 2.24) is 0 Å². The quantitative estimate of drug-likeness (QED) is 0.895. The maximum absolute atomic E-state index is 11.2. The van der Waals surface area contributed by atoms with Gasteiger partial charge in [-0.1, -0.05) is 74.0 Å². The minimum atomic E-state index is -1.39. The van der Waals surface area contributed by atoms with Crippen molar-refractivity contribution in [3.8, 4) is 0 Å². The lowest BCUT2D eigenvalue weighted by Crippen LogP contribution is -2.43. The molecule has 0 aromatic heterocycles. The fourth-order valence-electron chi connectivity index (χ4n) is 2.49. The molecule has 2 rings (SSSR count). The SMILES string of the molecule is Cc1ccc(C(O)(c2ccccc2)C(O)C(C)C)cc1. The summed E-state index contributed by atoms with van der Waals surface area (Å²) in [7, 11) is 0. The van der Waals surface area contributed by atoms with Crippen molar-refractivity contribution in [2.24, 2.45) is 5.92 Å². The largest absolute Gasteiger partial charge is 0.389 e. The third kappa shape index (κ3) is 2.62. The van der Waals surface area contributed by atoms with Gasteiger partial charge in [-0.05, 0) is 24.0 Å². The second-order valence-corrected chi connectivity index (χ2v) is 5.69. The number of aliphatic hydroxyl groups excluding tert-OH is 1. The highest BCUT2D eigenvalue weighted by Gasteiger charge is 2.40. The van der Waals surface area contributed by atoms with Crippen LogP contribution in [-0.2, 0) is 5.60 Å². The molecule has 2 heteroatoms. The Bertz CT molecular complexity index is 545. The van der Waals surface area contributed by atoms with Gasteiger partial charge in [0, 0.05) is 0 Å². The molecule has 0 spiro atoms. The zero-order chi connectivity index (χ0) is 14.8. The fourth-order valence-corrected chi connectivity index (χ4v) is 2.49. The molecular weight excluding hydrogens is 248 g/mol. The van der Waals surface area contributed by atoms with Crippen molar-refractivity contribution < 1.29 is 10.2 Å². The Morgan fingerprint density at radius 1 is 0.850 bits per heavy atom. The molecule has 20 heavy (non-hydrogen) atoms. The number of benzene rings is 2. The molecule has 0 fully saturated rings. The summed E-state index contributed by atoms with van der Waals surface area (Å²) in [5.74, 6) is -0.0542. The first-order valence-electron chi connectivity index (χ1n) is 6.99. The molecule has 2 aromatic rings. The van der Waals surface area contributed by atoms with Gasteiger partial charge in [-0.3, -0.25) is 0 Å². The Kier molecular flexibility index (Phi) is 4.26. The summed E-state index contributed by atoms with van der Waals surface area (Å²) in [5, 5.41) is 21.8. The summed E-state index contributed by atoms with van der Waals surface area (Å²) in [6, 6.07) is 17.0. The highest BCUT2D eigenvalue weighted by molar-refractivity contribution is 5.38. The Morgan fingerprint density at radius 2 is 1.35 bits per heavy atom. The second-order valence-electron chi connectivity index (χ2n) is 5.69. The molecule has 0 saturated carbocycles. The lowest BCUT2D eigenvalue weighted by atomic mass is 9.77. The van der Waals surface area contributed by atoms with Crippen molar-refractivity contribution >= 4 is 0 Å². The molecule has 2 unspecified atom stereocenters. The van der Waals surface area contributed by atoms with E-state index < -0.39 is 11.7 Å². The number of rotatable bonds is 4. The van der Waals surface area contributed by atoms with Crippen molar-refractivity contribution in [1.29, 1.82) is 0 Å². The van der Waals surface area contributed by atoms with E-state index in [1.165, 1.54) is 0 Å². The van der Waals surface area contributed by atoms with Crippen molar-refractivity contribution in [3.05, 3.63) is 71.3 Å². The molecule has 106 valence electrons. The molecule has 0 heterocycles. The van der Waals surface area contributed by atoms with Crippen LogP contribution >= 0.6 is 0 Å². The Labute approximate surface area is 120 Å². The maximum Gasteiger partial charge on any atom is 0.141 e. The van der Waals surface area contributed by atoms with Gasteiger partial charge in [0.1, 0.15) is 5.60 Å². The Hall–Kier alpha value is -1.64. The zero-order valence-electron chi connectivity index (χ0n) is 12.2. The molecule has 0 aliphatic heterocycles. The number of aliphatic hydroxyl groups is 2. The summed E-state index contributed by atoms with van der Waals surface area (Å²) in [4.78, 5) is 0. The van der Waals surface area contributed by atoms with Crippen LogP contribution in [0.15, 0.2) is 54.6 Å². The van der Waals surface area contributed by atoms with Crippen LogP contribution in [0.4, 0.5) is 0 Å². The van der Waals surface area contributed by atoms with Gasteiger partial charge in [0.25, 0.3) is 0 Å². The number of hydrogen-bond donors (Lipinski definition) is 2. The van der Waals surface area contributed by atoms with Gasteiger partial charge in [-0.25, -0.2) is 0 Å². The van der Waals surface area contributed by atoms with Gasteiger partial charge in [0.2, 0.25) is 0 Å². The van der Waals surface area contributed by atoms with E-state index in [9.17, 15) is 10.2 Å². The fraction of sp³-hybridized carbons (Fsp3) is 0.333. The van der Waals surface area contributed by atoms with E-state index in [1.807, 2.05) is 75.4 Å². The molecule has 2 atom stereocenters. The minimum Gasteiger partial charge on any atom is -0.389 e. The molecule has 0 bridgehead atoms. The van der Waals surface area contributed by atoms with E-state index in [1.54, 1.807) is 0 Å². The van der Waals surface area contributed by atoms with E-state index in [0.29, 0.717) is 5.56 Å². The normalized spacial score (nSPS) is 15.9. The summed E-state index contributed by atoms with van der Waals surface area (Å²) >= 11 is 0. The first-order valence-corrected chi connectivity index (χ1v) is 6.99. The molecule has 2 N–H and O–H groups in total. The summed E-state index contributed by atoms with van der Waals surface area (Å²) in [6.07, 6.45) is -0.868. The molecule has 2 nitrogen and oxygen atoms in total. The van der Waals surface area contributed by atoms with Gasteiger partial charge in [-0.2, -0.15) is 0 Å². The van der Waals surface area contributed by atoms with Gasteiger partial charge in [0.05, 0.1) is 6.10 Å². The highest BCUT2D eigenvalue weighted by atomic mass is 16.3. The third-order valence-corrected chi connectivity index (χ3v) is 3.77. The topological polar surface area (TPSA) is 40.5 Å². The molecule has 0 amide bonds. The maximum atomic E-state index is 11.2. The van der Waals surface area contributed by atoms with Crippen molar-refractivity contribution in [3.63, 3.8) is 0 Å². The van der Waals surface area contributed by atoms with Crippen LogP contribution in [0.3, 0.4) is 0 Å². The molecule has 0 radical (unpaired) electrons. The molecule has 2 aromatic carbocycles. The van der Waals surface area contributed by atoms with Crippen molar-refractivity contribution in [2.75, 3.05) is 0 Å². The standard InChI is InChI=1S/C18H22O2/c1-13(2)17(19)18(20,15-7-5-4-6-8-15)16-11-9-14(3)10-12-16/h4-13,17,19-20H,1-3H3. The average molecular weight is 270 g/mol. The number of hydrogen-bond acceptors (Lipinski definition) is 2. The predicted octanol–water partition coefficient (Wildman–Crippen LogP) is 3.25. The van der Waals surface area contributed by atoms with E-state index in [2.05, 4.69) is 0 Å². The van der Waals surface area contributed by atoms with Gasteiger partial charge < -0.3 is 10.2 Å². The molecule has 0 aliphatic rings. The highest BCUT2D eigenvalue weighted by Crippen LogP contribution is 2.36. The third-order valence-electron chi connectivity index (χ3n) is 3.77. The van der Waals surface area contributed by atoms with Crippen LogP contribution in [0.1, 0.15) is 30.5 Å². The van der Waals surface area contributed by atoms with Crippen LogP contribution < -0.4 is 0 Å². The van der Waals surface area contributed by atoms with Crippen LogP contribution in [0, 0.1) is 12.8 Å². The summed E-state index contributed by atoms with van der Waals surface area (Å²) in [6.45, 7) is 5.82. The van der Waals surface area contributed by atoms with Gasteiger partial charge in [-0.15, -0.1) is 0 Å². The summed E-state index contributed by atoms with van der Waals surface area (Å²) < 4.78 is 0. The van der Waals surface area contributed by atoms with E-state index in [4.69, 9.17) is 0 Å². The van der Waals surface area contributed by atoms with Gasteiger partial charge in [0.15, 0.2) is 0 Å². The zero-order valence-corrected chi connectivity index (χ0v) is 12.2. The van der Waals surface area contributed by atoms with Crippen LogP contribution in [-0.4, -0.2) is 16.3 Å². The van der Waals surface area contributed by atoms with Crippen molar-refractivity contribution in [2.45, 2.75) is 32.5 Å². The van der Waals surface area contributed by atoms with E-state index >= 15 is 0 Å². The smallest absolute Gasteiger partial charge is 0.141 e. The first-order chi connectivity index (χ1) is 9.46. The first kappa shape index (κ1) is 14.8. The second kappa shape index (κ2) is 5.78. The minimum absolute atomic E-state index is 0.0542. The molecular formula is C18H22O2. The predicted molar refractivity (Wildman–Crippen MR) is 81.5 cm³/mol. The van der Waals surface area contributed by atoms with E-state index in [0.717, 1.165) is 11.1 Å². The summed E-state index contributed by atoms with van der Waals surface area (Å²) in [5.41, 5.74) is 1.17. The van der Waals surface area contributed by atoms with Crippen LogP contribution in [0.2, 0.25) is 0 Å². The Morgan fingerprint density at radius 3 is 1.85 bits per heavy atom. The lowest BCUT2D eigenvalue weighted by Gasteiger charge is -2.36. The monoisotopic (exact) mass is 270 g/mol. The Balaban J connectivity index is 2.58. The van der Waals surface area contributed by atoms with Gasteiger partial charge >= 0.3 is 0 Å². The molecule has 0 saturated heterocycles. The van der Waals surface area contributed by atoms with Crippen LogP contribution in [0.5, 0.6) is 0 Å². The average Bonchev–Trinajstić information content (AvgIpc) is 2.47. The van der Waals surface area contributed by atoms with E-state index in [-0.39, 0.29) is 5.92 Å². The van der Waals surface area contributed by atoms with Crippen LogP contribution in [0.25, 0.3) is 0 Å².